The number of anilines is 1. The zero-order valence-electron chi connectivity index (χ0n) is 9.52. The summed E-state index contributed by atoms with van der Waals surface area (Å²) >= 11 is 5.56. The Bertz CT molecular complexity index is 701. The Kier molecular flexibility index (Phi) is 3.74. The van der Waals surface area contributed by atoms with Crippen LogP contribution in [0.25, 0.3) is 0 Å². The second-order valence-electron chi connectivity index (χ2n) is 3.71. The van der Waals surface area contributed by atoms with Crippen molar-refractivity contribution in [3.8, 4) is 0 Å². The first-order valence-corrected chi connectivity index (χ1v) is 6.98. The van der Waals surface area contributed by atoms with Crippen molar-refractivity contribution in [3.63, 3.8) is 0 Å². The lowest BCUT2D eigenvalue weighted by atomic mass is 10.3. The third-order valence-corrected chi connectivity index (χ3v) is 4.06. The topological polar surface area (TPSA) is 101 Å². The number of aromatic amines is 1. The Labute approximate surface area is 113 Å². The number of aromatic nitrogens is 2. The monoisotopic (exact) mass is 304 g/mol. The molecule has 0 spiro atoms. The van der Waals surface area contributed by atoms with Crippen LogP contribution in [0, 0.1) is 5.82 Å². The quantitative estimate of drug-likeness (QED) is 0.791. The molecule has 0 saturated carbocycles. The Morgan fingerprint density at radius 2 is 2.21 bits per heavy atom. The summed E-state index contributed by atoms with van der Waals surface area (Å²) in [6.45, 7) is -0.0905. The molecule has 19 heavy (non-hydrogen) atoms. The number of hydrogen-bond acceptors (Lipinski definition) is 4. The zero-order valence-corrected chi connectivity index (χ0v) is 11.1. The molecule has 2 rings (SSSR count). The van der Waals surface area contributed by atoms with Crippen LogP contribution < -0.4 is 10.5 Å². The predicted octanol–water partition coefficient (Wildman–Crippen LogP) is 1.26. The molecule has 0 amide bonds. The highest BCUT2D eigenvalue weighted by atomic mass is 35.5. The van der Waals surface area contributed by atoms with Gasteiger partial charge in [0.2, 0.25) is 10.0 Å². The van der Waals surface area contributed by atoms with E-state index in [0.29, 0.717) is 5.56 Å². The highest BCUT2D eigenvalue weighted by molar-refractivity contribution is 7.89. The lowest BCUT2D eigenvalue weighted by Crippen LogP contribution is -2.24. The number of H-pyrrole nitrogens is 1. The van der Waals surface area contributed by atoms with E-state index in [4.69, 9.17) is 17.3 Å². The Hall–Kier alpha value is -1.64. The summed E-state index contributed by atoms with van der Waals surface area (Å²) in [5, 5.41) is 6.23. The molecule has 6 nitrogen and oxygen atoms in total. The van der Waals surface area contributed by atoms with Crippen molar-refractivity contribution in [2.45, 2.75) is 11.4 Å². The molecule has 1 aromatic carbocycles. The molecule has 4 N–H and O–H groups in total. The van der Waals surface area contributed by atoms with Gasteiger partial charge in [0.1, 0.15) is 16.5 Å². The average Bonchev–Trinajstić information content (AvgIpc) is 2.72. The van der Waals surface area contributed by atoms with Crippen LogP contribution in [0.5, 0.6) is 0 Å². The van der Waals surface area contributed by atoms with E-state index in [2.05, 4.69) is 14.9 Å². The predicted molar refractivity (Wildman–Crippen MR) is 68.4 cm³/mol. The van der Waals surface area contributed by atoms with Gasteiger partial charge < -0.3 is 5.73 Å². The lowest BCUT2D eigenvalue weighted by molar-refractivity contribution is 0.557. The molecule has 0 aliphatic carbocycles. The summed E-state index contributed by atoms with van der Waals surface area (Å²) in [6.07, 6.45) is 1.38. The fraction of sp³-hybridized carbons (Fsp3) is 0.100. The summed E-state index contributed by atoms with van der Waals surface area (Å²) in [5.74, 6) is -0.667. The number of hydrogen-bond donors (Lipinski definition) is 3. The third kappa shape index (κ3) is 3.03. The first kappa shape index (κ1) is 13.8. The van der Waals surface area contributed by atoms with Crippen LogP contribution in [-0.2, 0) is 16.6 Å². The number of nitrogens with one attached hydrogen (secondary N) is 2. The molecule has 9 heteroatoms. The number of halogens is 2. The Morgan fingerprint density at radius 1 is 1.47 bits per heavy atom. The summed E-state index contributed by atoms with van der Waals surface area (Å²) < 4.78 is 39.6. The SMILES string of the molecule is Nc1[nH]ncc1CNS(=O)(=O)c1ccc(Cl)cc1F. The van der Waals surface area contributed by atoms with Gasteiger partial charge in [0, 0.05) is 17.1 Å². The molecule has 0 radical (unpaired) electrons. The van der Waals surface area contributed by atoms with Gasteiger partial charge in [0.05, 0.1) is 6.20 Å². The van der Waals surface area contributed by atoms with Crippen LogP contribution in [0.4, 0.5) is 10.2 Å². The van der Waals surface area contributed by atoms with Crippen molar-refractivity contribution in [2.75, 3.05) is 5.73 Å². The number of benzene rings is 1. The largest absolute Gasteiger partial charge is 0.384 e. The van der Waals surface area contributed by atoms with E-state index in [-0.39, 0.29) is 17.4 Å². The van der Waals surface area contributed by atoms with Gasteiger partial charge >= 0.3 is 0 Å². The second kappa shape index (κ2) is 5.16. The van der Waals surface area contributed by atoms with E-state index < -0.39 is 20.7 Å². The van der Waals surface area contributed by atoms with Crippen molar-refractivity contribution in [1.29, 1.82) is 0 Å². The third-order valence-electron chi connectivity index (χ3n) is 2.39. The number of rotatable bonds is 4. The minimum atomic E-state index is -3.98. The van der Waals surface area contributed by atoms with Crippen LogP contribution >= 0.6 is 11.6 Å². The molecule has 0 atom stereocenters. The van der Waals surface area contributed by atoms with Gasteiger partial charge in [-0.25, -0.2) is 17.5 Å². The number of nitrogens with two attached hydrogens (primary N) is 1. The van der Waals surface area contributed by atoms with Crippen LogP contribution in [-0.4, -0.2) is 18.6 Å². The van der Waals surface area contributed by atoms with Crippen LogP contribution in [0.2, 0.25) is 5.02 Å². The molecule has 102 valence electrons. The minimum Gasteiger partial charge on any atom is -0.384 e. The maximum Gasteiger partial charge on any atom is 0.243 e. The summed E-state index contributed by atoms with van der Waals surface area (Å²) in [7, 11) is -3.98. The fourth-order valence-corrected chi connectivity index (χ4v) is 2.63. The molecular formula is C10H10ClFN4O2S. The molecular weight excluding hydrogens is 295 g/mol. The highest BCUT2D eigenvalue weighted by Crippen LogP contribution is 2.19. The van der Waals surface area contributed by atoms with Gasteiger partial charge in [-0.2, -0.15) is 5.10 Å². The highest BCUT2D eigenvalue weighted by Gasteiger charge is 2.19. The van der Waals surface area contributed by atoms with E-state index in [9.17, 15) is 12.8 Å². The summed E-state index contributed by atoms with van der Waals surface area (Å²) in [4.78, 5) is -0.473. The van der Waals surface area contributed by atoms with Gasteiger partial charge in [-0.05, 0) is 18.2 Å². The van der Waals surface area contributed by atoms with Crippen LogP contribution in [0.1, 0.15) is 5.56 Å². The van der Waals surface area contributed by atoms with Crippen molar-refractivity contribution in [2.24, 2.45) is 0 Å². The van der Waals surface area contributed by atoms with E-state index in [1.807, 2.05) is 0 Å². The maximum atomic E-state index is 13.5. The van der Waals surface area contributed by atoms with Gasteiger partial charge in [0.15, 0.2) is 0 Å². The summed E-state index contributed by atoms with van der Waals surface area (Å²) in [5.41, 5.74) is 5.98. The first-order valence-electron chi connectivity index (χ1n) is 5.12. The normalized spacial score (nSPS) is 11.7. The molecule has 0 bridgehead atoms. The number of nitrogen functional groups attached to an aromatic ring is 1. The minimum absolute atomic E-state index is 0.0905. The number of nitrogens with zero attached hydrogens (tertiary/aromatic N) is 1. The molecule has 0 aliphatic heterocycles. The van der Waals surface area contributed by atoms with E-state index in [1.54, 1.807) is 0 Å². The standard InChI is InChI=1S/C10H10ClFN4O2S/c11-7-1-2-9(8(12)3-7)19(17,18)15-5-6-4-14-16-10(6)13/h1-4,15H,5H2,(H3,13,14,16). The van der Waals surface area contributed by atoms with Crippen molar-refractivity contribution in [3.05, 3.63) is 40.8 Å². The molecule has 0 saturated heterocycles. The van der Waals surface area contributed by atoms with Crippen LogP contribution in [0.3, 0.4) is 0 Å². The maximum absolute atomic E-state index is 13.5. The second-order valence-corrected chi connectivity index (χ2v) is 5.88. The molecule has 0 unspecified atom stereocenters. The van der Waals surface area contributed by atoms with Crippen molar-refractivity contribution >= 4 is 27.4 Å². The molecule has 2 aromatic rings. The van der Waals surface area contributed by atoms with E-state index in [0.717, 1.165) is 12.1 Å². The molecule has 1 aromatic heterocycles. The molecule has 1 heterocycles. The fourth-order valence-electron chi connectivity index (χ4n) is 1.41. The van der Waals surface area contributed by atoms with E-state index >= 15 is 0 Å². The van der Waals surface area contributed by atoms with Crippen LogP contribution in [0.15, 0.2) is 29.3 Å². The first-order chi connectivity index (χ1) is 8.90. The average molecular weight is 305 g/mol. The molecule has 0 fully saturated rings. The Balaban J connectivity index is 2.21. The lowest BCUT2D eigenvalue weighted by Gasteiger charge is -2.07. The summed E-state index contributed by atoms with van der Waals surface area (Å²) in [6, 6.07) is 3.33. The molecule has 0 aliphatic rings. The number of sulfonamides is 1. The van der Waals surface area contributed by atoms with E-state index in [1.165, 1.54) is 12.3 Å². The zero-order chi connectivity index (χ0) is 14.0. The van der Waals surface area contributed by atoms with Gasteiger partial charge in [-0.15, -0.1) is 0 Å². The van der Waals surface area contributed by atoms with Gasteiger partial charge in [-0.3, -0.25) is 5.10 Å². The Morgan fingerprint density at radius 3 is 2.79 bits per heavy atom. The van der Waals surface area contributed by atoms with Crippen molar-refractivity contribution in [1.82, 2.24) is 14.9 Å². The smallest absolute Gasteiger partial charge is 0.243 e. The van der Waals surface area contributed by atoms with Gasteiger partial charge in [0.25, 0.3) is 0 Å². The van der Waals surface area contributed by atoms with Crippen molar-refractivity contribution < 1.29 is 12.8 Å². The van der Waals surface area contributed by atoms with Gasteiger partial charge in [-0.1, -0.05) is 11.6 Å².